The molecule has 2 aromatic rings. The molecule has 0 unspecified atom stereocenters. The lowest BCUT2D eigenvalue weighted by Gasteiger charge is -2.29. The molecule has 10 heteroatoms. The SMILES string of the molecule is CC(=O)c1c(O)c(C)c(O)c2c1OC1=CC(=O)/C(=C(/C)NCCCc3nc(C)no3)C(=O)[C@]12C. The number of aryl methyl sites for hydroxylation is 2. The summed E-state index contributed by atoms with van der Waals surface area (Å²) in [6, 6.07) is 0. The van der Waals surface area contributed by atoms with Crippen LogP contribution in [-0.4, -0.2) is 44.2 Å². The van der Waals surface area contributed by atoms with E-state index in [9.17, 15) is 24.6 Å². The third-order valence-corrected chi connectivity index (χ3v) is 6.29. The lowest BCUT2D eigenvalue weighted by molar-refractivity contribution is -0.123. The predicted molar refractivity (Wildman–Crippen MR) is 119 cm³/mol. The number of allylic oxidation sites excluding steroid dienone is 4. The maximum atomic E-state index is 13.7. The fourth-order valence-corrected chi connectivity index (χ4v) is 4.41. The molecule has 10 nitrogen and oxygen atoms in total. The third-order valence-electron chi connectivity index (χ3n) is 6.29. The van der Waals surface area contributed by atoms with Crippen molar-refractivity contribution < 1.29 is 33.9 Å². The minimum absolute atomic E-state index is 0.00335. The van der Waals surface area contributed by atoms with E-state index < -0.39 is 28.5 Å². The van der Waals surface area contributed by atoms with Gasteiger partial charge in [-0.3, -0.25) is 14.4 Å². The quantitative estimate of drug-likeness (QED) is 0.250. The normalized spacial score (nSPS) is 20.4. The highest BCUT2D eigenvalue weighted by molar-refractivity contribution is 6.31. The molecule has 34 heavy (non-hydrogen) atoms. The largest absolute Gasteiger partial charge is 0.507 e. The lowest BCUT2D eigenvalue weighted by atomic mass is 9.70. The maximum Gasteiger partial charge on any atom is 0.226 e. The Bertz CT molecular complexity index is 1320. The number of Topliss-reactive ketones (excluding diaryl/α,β-unsaturated/α-hetero) is 2. The van der Waals surface area contributed by atoms with Crippen LogP contribution in [0.4, 0.5) is 0 Å². The Kier molecular flexibility index (Phi) is 5.55. The molecule has 0 spiro atoms. The number of hydrogen-bond acceptors (Lipinski definition) is 10. The van der Waals surface area contributed by atoms with E-state index in [1.807, 2.05) is 0 Å². The van der Waals surface area contributed by atoms with Gasteiger partial charge < -0.3 is 24.8 Å². The minimum Gasteiger partial charge on any atom is -0.507 e. The Labute approximate surface area is 195 Å². The highest BCUT2D eigenvalue weighted by Gasteiger charge is 2.56. The Balaban J connectivity index is 1.68. The minimum atomic E-state index is -1.53. The van der Waals surface area contributed by atoms with E-state index in [2.05, 4.69) is 15.5 Å². The van der Waals surface area contributed by atoms with Gasteiger partial charge in [0.2, 0.25) is 5.89 Å². The van der Waals surface area contributed by atoms with Crippen LogP contribution < -0.4 is 10.1 Å². The number of ether oxygens (including phenoxy) is 1. The monoisotopic (exact) mass is 467 g/mol. The summed E-state index contributed by atoms with van der Waals surface area (Å²) < 4.78 is 10.8. The van der Waals surface area contributed by atoms with Gasteiger partial charge in [0.25, 0.3) is 0 Å². The van der Waals surface area contributed by atoms with Crippen molar-refractivity contribution in [3.8, 4) is 17.2 Å². The van der Waals surface area contributed by atoms with Crippen LogP contribution in [0.15, 0.2) is 27.6 Å². The molecule has 0 saturated heterocycles. The van der Waals surface area contributed by atoms with Crippen LogP contribution in [0, 0.1) is 13.8 Å². The summed E-state index contributed by atoms with van der Waals surface area (Å²) in [7, 11) is 0. The molecule has 0 amide bonds. The second kappa shape index (κ2) is 8.12. The van der Waals surface area contributed by atoms with E-state index >= 15 is 0 Å². The number of hydrogen-bond donors (Lipinski definition) is 3. The van der Waals surface area contributed by atoms with Crippen molar-refractivity contribution in [1.29, 1.82) is 0 Å². The predicted octanol–water partition coefficient (Wildman–Crippen LogP) is 2.48. The summed E-state index contributed by atoms with van der Waals surface area (Å²) in [5.41, 5.74) is -1.24. The van der Waals surface area contributed by atoms with E-state index in [1.165, 1.54) is 26.8 Å². The molecule has 0 bridgehead atoms. The van der Waals surface area contributed by atoms with Gasteiger partial charge in [-0.15, -0.1) is 0 Å². The van der Waals surface area contributed by atoms with Gasteiger partial charge in [0.15, 0.2) is 23.2 Å². The summed E-state index contributed by atoms with van der Waals surface area (Å²) >= 11 is 0. The van der Waals surface area contributed by atoms with Crippen LogP contribution in [0.2, 0.25) is 0 Å². The second-order valence-corrected chi connectivity index (χ2v) is 8.65. The number of benzene rings is 1. The Morgan fingerprint density at radius 2 is 1.88 bits per heavy atom. The molecular weight excluding hydrogens is 442 g/mol. The summed E-state index contributed by atoms with van der Waals surface area (Å²) in [5.74, 6) is -1.44. The van der Waals surface area contributed by atoms with Gasteiger partial charge in [-0.25, -0.2) is 0 Å². The molecule has 3 N–H and O–H groups in total. The lowest BCUT2D eigenvalue weighted by Crippen LogP contribution is -2.41. The summed E-state index contributed by atoms with van der Waals surface area (Å²) in [6.07, 6.45) is 2.35. The van der Waals surface area contributed by atoms with Gasteiger partial charge in [0.1, 0.15) is 34.0 Å². The second-order valence-electron chi connectivity index (χ2n) is 8.65. The molecular formula is C24H25N3O7. The zero-order valence-electron chi connectivity index (χ0n) is 19.5. The smallest absolute Gasteiger partial charge is 0.226 e. The van der Waals surface area contributed by atoms with Crippen molar-refractivity contribution in [3.63, 3.8) is 0 Å². The van der Waals surface area contributed by atoms with Gasteiger partial charge in [0, 0.05) is 30.3 Å². The van der Waals surface area contributed by atoms with Crippen molar-refractivity contribution in [2.24, 2.45) is 0 Å². The van der Waals surface area contributed by atoms with Crippen molar-refractivity contribution in [2.45, 2.75) is 52.9 Å². The molecule has 1 aromatic carbocycles. The fourth-order valence-electron chi connectivity index (χ4n) is 4.41. The first-order chi connectivity index (χ1) is 16.0. The van der Waals surface area contributed by atoms with Crippen molar-refractivity contribution >= 4 is 17.3 Å². The Morgan fingerprint density at radius 1 is 1.18 bits per heavy atom. The number of nitrogens with one attached hydrogen (secondary N) is 1. The zero-order chi connectivity index (χ0) is 24.9. The molecule has 1 aromatic heterocycles. The summed E-state index contributed by atoms with van der Waals surface area (Å²) in [6.45, 7) is 8.03. The summed E-state index contributed by atoms with van der Waals surface area (Å²) in [5, 5.41) is 28.1. The van der Waals surface area contributed by atoms with Gasteiger partial charge in [-0.2, -0.15) is 4.98 Å². The maximum absolute atomic E-state index is 13.7. The van der Waals surface area contributed by atoms with Crippen LogP contribution in [0.5, 0.6) is 17.2 Å². The number of aromatic nitrogens is 2. The molecule has 1 aliphatic carbocycles. The number of carbonyl (C=O) groups excluding carboxylic acids is 3. The van der Waals surface area contributed by atoms with Gasteiger partial charge in [-0.05, 0) is 41.0 Å². The van der Waals surface area contributed by atoms with E-state index in [4.69, 9.17) is 9.26 Å². The number of ketones is 3. The first-order valence-electron chi connectivity index (χ1n) is 10.8. The Hall–Kier alpha value is -3.95. The topological polar surface area (TPSA) is 152 Å². The highest BCUT2D eigenvalue weighted by atomic mass is 16.5. The number of fused-ring (bicyclic) bond motifs is 3. The van der Waals surface area contributed by atoms with E-state index in [0.29, 0.717) is 36.8 Å². The van der Waals surface area contributed by atoms with E-state index in [-0.39, 0.29) is 39.5 Å². The van der Waals surface area contributed by atoms with Crippen molar-refractivity contribution in [3.05, 3.63) is 51.5 Å². The number of phenolic OH excluding ortho intramolecular Hbond substituents is 2. The number of phenols is 2. The van der Waals surface area contributed by atoms with Crippen LogP contribution >= 0.6 is 0 Å². The highest BCUT2D eigenvalue weighted by Crippen LogP contribution is 2.57. The molecule has 0 radical (unpaired) electrons. The number of aromatic hydroxyl groups is 2. The van der Waals surface area contributed by atoms with Crippen molar-refractivity contribution in [1.82, 2.24) is 15.5 Å². The first-order valence-corrected chi connectivity index (χ1v) is 10.8. The van der Waals surface area contributed by atoms with Gasteiger partial charge in [-0.1, -0.05) is 5.16 Å². The standard InChI is InChI=1S/C24H25N3O7/c1-10-20(30)18(12(3)28)22-19(21(10)31)24(5)15(33-22)9-14(29)17(23(24)32)11(2)25-8-6-7-16-26-13(4)27-34-16/h9,25,30-31H,6-8H2,1-5H3/b17-11+/t24-/m1/s1. The number of carbonyl (C=O) groups is 3. The molecule has 1 aliphatic heterocycles. The molecule has 4 rings (SSSR count). The average molecular weight is 467 g/mol. The number of rotatable bonds is 6. The van der Waals surface area contributed by atoms with Crippen LogP contribution in [0.1, 0.15) is 60.4 Å². The molecule has 178 valence electrons. The zero-order valence-corrected chi connectivity index (χ0v) is 19.5. The molecule has 1 atom stereocenters. The van der Waals surface area contributed by atoms with E-state index in [1.54, 1.807) is 13.8 Å². The molecule has 2 heterocycles. The van der Waals surface area contributed by atoms with Crippen LogP contribution in [0.25, 0.3) is 0 Å². The average Bonchev–Trinajstić information content (AvgIpc) is 3.30. The van der Waals surface area contributed by atoms with Crippen LogP contribution in [-0.2, 0) is 21.4 Å². The van der Waals surface area contributed by atoms with Gasteiger partial charge >= 0.3 is 0 Å². The molecule has 0 saturated carbocycles. The Morgan fingerprint density at radius 3 is 2.50 bits per heavy atom. The van der Waals surface area contributed by atoms with E-state index in [0.717, 1.165) is 0 Å². The fraction of sp³-hybridized carbons (Fsp3) is 0.375. The summed E-state index contributed by atoms with van der Waals surface area (Å²) in [4.78, 5) is 43.0. The van der Waals surface area contributed by atoms with Crippen molar-refractivity contribution in [2.75, 3.05) is 6.54 Å². The number of nitrogens with zero attached hydrogens (tertiary/aromatic N) is 2. The molecule has 0 fully saturated rings. The first kappa shape index (κ1) is 23.2. The van der Waals surface area contributed by atoms with Crippen LogP contribution in [0.3, 0.4) is 0 Å². The molecule has 2 aliphatic rings. The third kappa shape index (κ3) is 3.37. The van der Waals surface area contributed by atoms with Gasteiger partial charge in [0.05, 0.1) is 11.1 Å².